The molecule has 23 heavy (non-hydrogen) atoms. The molecular formula is C19H21ClN2S. The molecular weight excluding hydrogens is 324 g/mol. The fourth-order valence-corrected chi connectivity index (χ4v) is 5.58. The fourth-order valence-electron chi connectivity index (χ4n) is 3.95. The zero-order chi connectivity index (χ0) is 15.8. The number of piperidine rings is 1. The van der Waals surface area contributed by atoms with Crippen molar-refractivity contribution < 1.29 is 0 Å². The van der Waals surface area contributed by atoms with Crippen LogP contribution in [0.5, 0.6) is 0 Å². The highest BCUT2D eigenvalue weighted by molar-refractivity contribution is 8.00. The Bertz CT molecular complexity index is 677. The molecule has 0 radical (unpaired) electrons. The maximum Gasteiger partial charge on any atom is 0.0548 e. The Morgan fingerprint density at radius 1 is 1.13 bits per heavy atom. The van der Waals surface area contributed by atoms with E-state index < -0.39 is 0 Å². The summed E-state index contributed by atoms with van der Waals surface area (Å²) in [5.41, 5.74) is 2.25. The van der Waals surface area contributed by atoms with Crippen molar-refractivity contribution in [1.29, 1.82) is 0 Å². The normalized spacial score (nSPS) is 27.3. The summed E-state index contributed by atoms with van der Waals surface area (Å²) in [4.78, 5) is 7.99. The smallest absolute Gasteiger partial charge is 0.0548 e. The highest BCUT2D eigenvalue weighted by Gasteiger charge is 2.38. The van der Waals surface area contributed by atoms with Crippen molar-refractivity contribution in [2.45, 2.75) is 47.9 Å². The van der Waals surface area contributed by atoms with Crippen molar-refractivity contribution in [3.63, 3.8) is 0 Å². The quantitative estimate of drug-likeness (QED) is 0.768. The number of fused-ring (bicyclic) bond motifs is 2. The van der Waals surface area contributed by atoms with Crippen LogP contribution in [0.1, 0.15) is 25.7 Å². The molecule has 0 unspecified atom stereocenters. The third kappa shape index (κ3) is 3.15. The van der Waals surface area contributed by atoms with Gasteiger partial charge in [-0.3, -0.25) is 4.98 Å². The second kappa shape index (κ2) is 6.46. The molecule has 0 spiro atoms. The van der Waals surface area contributed by atoms with Crippen LogP contribution in [0.25, 0.3) is 11.1 Å². The van der Waals surface area contributed by atoms with Crippen molar-refractivity contribution >= 4 is 23.4 Å². The van der Waals surface area contributed by atoms with Crippen LogP contribution in [0.3, 0.4) is 0 Å². The summed E-state index contributed by atoms with van der Waals surface area (Å²) in [5.74, 6) is 0. The van der Waals surface area contributed by atoms with E-state index in [0.29, 0.717) is 5.25 Å². The number of pyridine rings is 1. The molecule has 0 N–H and O–H groups in total. The molecule has 2 aliphatic heterocycles. The first-order valence-electron chi connectivity index (χ1n) is 8.29. The van der Waals surface area contributed by atoms with E-state index in [9.17, 15) is 0 Å². The fraction of sp³-hybridized carbons (Fsp3) is 0.421. The maximum atomic E-state index is 6.56. The largest absolute Gasteiger partial charge is 0.300 e. The van der Waals surface area contributed by atoms with Gasteiger partial charge in [0, 0.05) is 40.2 Å². The number of aromatic nitrogens is 1. The van der Waals surface area contributed by atoms with Crippen LogP contribution in [0.15, 0.2) is 47.6 Å². The van der Waals surface area contributed by atoms with E-state index >= 15 is 0 Å². The molecule has 2 bridgehead atoms. The van der Waals surface area contributed by atoms with Gasteiger partial charge in [-0.25, -0.2) is 0 Å². The molecule has 1 aromatic heterocycles. The molecule has 2 saturated heterocycles. The molecule has 0 amide bonds. The number of nitrogens with zero attached hydrogens (tertiary/aromatic N) is 2. The second-order valence-electron chi connectivity index (χ2n) is 6.65. The molecule has 120 valence electrons. The van der Waals surface area contributed by atoms with Crippen molar-refractivity contribution in [3.05, 3.63) is 47.7 Å². The highest BCUT2D eigenvalue weighted by atomic mass is 35.5. The summed E-state index contributed by atoms with van der Waals surface area (Å²) in [6.45, 7) is 0. The van der Waals surface area contributed by atoms with Crippen molar-refractivity contribution in [1.82, 2.24) is 9.88 Å². The first-order chi connectivity index (χ1) is 11.2. The number of hydrogen-bond donors (Lipinski definition) is 0. The van der Waals surface area contributed by atoms with Gasteiger partial charge in [-0.05, 0) is 56.5 Å². The summed E-state index contributed by atoms with van der Waals surface area (Å²) in [6, 6.07) is 12.0. The summed E-state index contributed by atoms with van der Waals surface area (Å²) >= 11 is 8.53. The van der Waals surface area contributed by atoms with E-state index in [2.05, 4.69) is 41.2 Å². The average molecular weight is 345 g/mol. The Labute approximate surface area is 147 Å². The minimum atomic E-state index is 0.699. The van der Waals surface area contributed by atoms with Crippen LogP contribution in [0, 0.1) is 0 Å². The summed E-state index contributed by atoms with van der Waals surface area (Å²) < 4.78 is 0. The molecule has 1 aromatic carbocycles. The topological polar surface area (TPSA) is 16.1 Å². The summed E-state index contributed by atoms with van der Waals surface area (Å²) in [7, 11) is 2.29. The van der Waals surface area contributed by atoms with Gasteiger partial charge in [0.15, 0.2) is 0 Å². The third-order valence-electron chi connectivity index (χ3n) is 5.28. The van der Waals surface area contributed by atoms with E-state index in [1.165, 1.54) is 30.6 Å². The van der Waals surface area contributed by atoms with Crippen molar-refractivity contribution in [2.75, 3.05) is 7.05 Å². The van der Waals surface area contributed by atoms with Gasteiger partial charge in [0.1, 0.15) is 0 Å². The Kier molecular flexibility index (Phi) is 4.35. The van der Waals surface area contributed by atoms with Gasteiger partial charge in [0.05, 0.1) is 5.02 Å². The molecule has 2 nitrogen and oxygen atoms in total. The summed E-state index contributed by atoms with van der Waals surface area (Å²) in [5, 5.41) is 1.56. The Balaban J connectivity index is 1.50. The van der Waals surface area contributed by atoms with E-state index in [1.54, 1.807) is 6.20 Å². The standard InChI is InChI=1S/C19H21ClN2S/c1-22-15-5-6-16(22)11-17(10-15)23-19-7-4-13(9-18(19)20)14-3-2-8-21-12-14/h2-4,7-9,12,15-17H,5-6,10-11H2,1H3/t15-,16+,17-. The highest BCUT2D eigenvalue weighted by Crippen LogP contribution is 2.43. The van der Waals surface area contributed by atoms with Crippen molar-refractivity contribution in [3.8, 4) is 11.1 Å². The Morgan fingerprint density at radius 2 is 1.91 bits per heavy atom. The minimum Gasteiger partial charge on any atom is -0.300 e. The SMILES string of the molecule is CN1[C@@H]2CC[C@H]1C[C@H](Sc1ccc(-c3cccnc3)cc1Cl)C2. The lowest BCUT2D eigenvalue weighted by atomic mass is 10.0. The molecule has 2 aliphatic rings. The molecule has 3 heterocycles. The zero-order valence-electron chi connectivity index (χ0n) is 13.3. The number of rotatable bonds is 3. The number of benzene rings is 1. The van der Waals surface area contributed by atoms with Gasteiger partial charge < -0.3 is 4.90 Å². The van der Waals surface area contributed by atoms with Crippen LogP contribution >= 0.6 is 23.4 Å². The number of thioether (sulfide) groups is 1. The molecule has 2 aromatic rings. The lowest BCUT2D eigenvalue weighted by molar-refractivity contribution is 0.183. The molecule has 0 aliphatic carbocycles. The van der Waals surface area contributed by atoms with E-state index in [-0.39, 0.29) is 0 Å². The number of halogens is 1. The first-order valence-corrected chi connectivity index (χ1v) is 9.55. The first kappa shape index (κ1) is 15.5. The average Bonchev–Trinajstić information content (AvgIpc) is 2.79. The lowest BCUT2D eigenvalue weighted by Crippen LogP contribution is -2.40. The van der Waals surface area contributed by atoms with E-state index in [4.69, 9.17) is 11.6 Å². The zero-order valence-corrected chi connectivity index (χ0v) is 14.9. The van der Waals surface area contributed by atoms with E-state index in [1.807, 2.05) is 24.0 Å². The predicted molar refractivity (Wildman–Crippen MR) is 98.1 cm³/mol. The molecule has 4 rings (SSSR count). The van der Waals surface area contributed by atoms with Crippen LogP contribution in [0.4, 0.5) is 0 Å². The molecule has 2 fully saturated rings. The van der Waals surface area contributed by atoms with Crippen LogP contribution in [0.2, 0.25) is 5.02 Å². The Hall–Kier alpha value is -1.03. The lowest BCUT2D eigenvalue weighted by Gasteiger charge is -2.36. The van der Waals surface area contributed by atoms with Crippen molar-refractivity contribution in [2.24, 2.45) is 0 Å². The van der Waals surface area contributed by atoms with Crippen LogP contribution in [-0.2, 0) is 0 Å². The molecule has 4 heteroatoms. The summed E-state index contributed by atoms with van der Waals surface area (Å²) in [6.07, 6.45) is 8.99. The minimum absolute atomic E-state index is 0.699. The van der Waals surface area contributed by atoms with Gasteiger partial charge >= 0.3 is 0 Å². The van der Waals surface area contributed by atoms with Gasteiger partial charge in [0.2, 0.25) is 0 Å². The molecule has 3 atom stereocenters. The Morgan fingerprint density at radius 3 is 2.57 bits per heavy atom. The monoisotopic (exact) mass is 344 g/mol. The number of hydrogen-bond acceptors (Lipinski definition) is 3. The molecule has 0 saturated carbocycles. The second-order valence-corrected chi connectivity index (χ2v) is 8.40. The van der Waals surface area contributed by atoms with Gasteiger partial charge in [0.25, 0.3) is 0 Å². The van der Waals surface area contributed by atoms with Gasteiger partial charge in [-0.1, -0.05) is 23.7 Å². The predicted octanol–water partition coefficient (Wildman–Crippen LogP) is 5.12. The van der Waals surface area contributed by atoms with Crippen LogP contribution in [-0.4, -0.2) is 34.3 Å². The van der Waals surface area contributed by atoms with Gasteiger partial charge in [-0.15, -0.1) is 11.8 Å². The van der Waals surface area contributed by atoms with Crippen LogP contribution < -0.4 is 0 Å². The maximum absolute atomic E-state index is 6.56. The van der Waals surface area contributed by atoms with Gasteiger partial charge in [-0.2, -0.15) is 0 Å². The van der Waals surface area contributed by atoms with E-state index in [0.717, 1.165) is 28.2 Å². The third-order valence-corrected chi connectivity index (χ3v) is 7.03.